The number of benzene rings is 1. The van der Waals surface area contributed by atoms with E-state index in [9.17, 15) is 4.79 Å². The Morgan fingerprint density at radius 2 is 1.93 bits per heavy atom. The Morgan fingerprint density at radius 3 is 2.61 bits per heavy atom. The van der Waals surface area contributed by atoms with Gasteiger partial charge in [-0.3, -0.25) is 9.36 Å². The SMILES string of the molecule is CC(=O)Nc1cccc(-n2cnnc2SCCC23CC4CC(CC(C4)C2)C3)c1. The molecule has 4 aliphatic carbocycles. The molecule has 1 heterocycles. The third kappa shape index (κ3) is 3.59. The molecule has 148 valence electrons. The van der Waals surface area contributed by atoms with Crippen molar-refractivity contribution < 1.29 is 4.79 Å². The predicted molar refractivity (Wildman–Crippen MR) is 112 cm³/mol. The van der Waals surface area contributed by atoms with Crippen LogP contribution >= 0.6 is 11.8 Å². The summed E-state index contributed by atoms with van der Waals surface area (Å²) in [5, 5.41) is 12.3. The van der Waals surface area contributed by atoms with E-state index in [2.05, 4.69) is 15.5 Å². The highest BCUT2D eigenvalue weighted by Gasteiger charge is 2.50. The van der Waals surface area contributed by atoms with Gasteiger partial charge in [-0.1, -0.05) is 17.8 Å². The van der Waals surface area contributed by atoms with Gasteiger partial charge in [-0.2, -0.15) is 0 Å². The van der Waals surface area contributed by atoms with Gasteiger partial charge in [0.05, 0.1) is 5.69 Å². The Labute approximate surface area is 170 Å². The lowest BCUT2D eigenvalue weighted by Crippen LogP contribution is -2.46. The van der Waals surface area contributed by atoms with Crippen LogP contribution in [0.25, 0.3) is 5.69 Å². The fourth-order valence-electron chi connectivity index (χ4n) is 6.39. The number of nitrogens with one attached hydrogen (secondary N) is 1. The molecule has 6 heteroatoms. The minimum atomic E-state index is -0.0638. The summed E-state index contributed by atoms with van der Waals surface area (Å²) in [6.45, 7) is 1.52. The second kappa shape index (κ2) is 7.21. The van der Waals surface area contributed by atoms with Crippen LogP contribution in [0.3, 0.4) is 0 Å². The standard InChI is InChI=1S/C22H28N4OS/c1-15(27)24-19-3-2-4-20(10-19)26-14-23-25-21(26)28-6-5-22-11-16-7-17(12-22)9-18(8-16)13-22/h2-4,10,14,16-18H,5-9,11-13H2,1H3,(H,24,27). The lowest BCUT2D eigenvalue weighted by Gasteiger charge is -2.57. The van der Waals surface area contributed by atoms with E-state index in [-0.39, 0.29) is 5.91 Å². The van der Waals surface area contributed by atoms with Crippen molar-refractivity contribution in [3.8, 4) is 5.69 Å². The van der Waals surface area contributed by atoms with Crippen LogP contribution in [0.15, 0.2) is 35.7 Å². The molecule has 1 N–H and O–H groups in total. The van der Waals surface area contributed by atoms with Crippen molar-refractivity contribution in [2.45, 2.75) is 57.0 Å². The van der Waals surface area contributed by atoms with Crippen LogP contribution in [-0.4, -0.2) is 26.4 Å². The van der Waals surface area contributed by atoms with E-state index < -0.39 is 0 Å². The number of anilines is 1. The molecule has 4 saturated carbocycles. The van der Waals surface area contributed by atoms with Gasteiger partial charge in [0, 0.05) is 18.4 Å². The molecule has 5 nitrogen and oxygen atoms in total. The van der Waals surface area contributed by atoms with Gasteiger partial charge in [0.2, 0.25) is 5.91 Å². The summed E-state index contributed by atoms with van der Waals surface area (Å²) in [6.07, 6.45) is 12.0. The number of amides is 1. The van der Waals surface area contributed by atoms with E-state index in [1.807, 2.05) is 40.6 Å². The molecular formula is C22H28N4OS. The maximum atomic E-state index is 11.3. The van der Waals surface area contributed by atoms with Gasteiger partial charge in [-0.25, -0.2) is 0 Å². The Hall–Kier alpha value is -1.82. The zero-order valence-corrected chi connectivity index (χ0v) is 17.3. The zero-order chi connectivity index (χ0) is 19.1. The van der Waals surface area contributed by atoms with Crippen LogP contribution < -0.4 is 5.32 Å². The molecule has 0 aliphatic heterocycles. The number of thioether (sulfide) groups is 1. The minimum Gasteiger partial charge on any atom is -0.326 e. The molecule has 1 amide bonds. The fourth-order valence-corrected chi connectivity index (χ4v) is 7.51. The molecule has 0 saturated heterocycles. The summed E-state index contributed by atoms with van der Waals surface area (Å²) in [5.41, 5.74) is 2.38. The van der Waals surface area contributed by atoms with Crippen molar-refractivity contribution in [3.63, 3.8) is 0 Å². The Kier molecular flexibility index (Phi) is 4.69. The molecule has 4 aliphatic rings. The highest BCUT2D eigenvalue weighted by Crippen LogP contribution is 2.61. The summed E-state index contributed by atoms with van der Waals surface area (Å²) < 4.78 is 2.02. The fraction of sp³-hybridized carbons (Fsp3) is 0.591. The van der Waals surface area contributed by atoms with E-state index >= 15 is 0 Å². The van der Waals surface area contributed by atoms with Gasteiger partial charge >= 0.3 is 0 Å². The monoisotopic (exact) mass is 396 g/mol. The highest BCUT2D eigenvalue weighted by atomic mass is 32.2. The smallest absolute Gasteiger partial charge is 0.221 e. The van der Waals surface area contributed by atoms with Gasteiger partial charge in [-0.05, 0) is 86.3 Å². The lowest BCUT2D eigenvalue weighted by molar-refractivity contribution is -0.114. The first-order valence-electron chi connectivity index (χ1n) is 10.5. The van der Waals surface area contributed by atoms with Crippen molar-refractivity contribution in [2.75, 3.05) is 11.1 Å². The number of carbonyl (C=O) groups excluding carboxylic acids is 1. The molecule has 4 fully saturated rings. The predicted octanol–water partition coefficient (Wildman–Crippen LogP) is 4.92. The molecule has 28 heavy (non-hydrogen) atoms. The summed E-state index contributed by atoms with van der Waals surface area (Å²) in [7, 11) is 0. The molecule has 2 aromatic rings. The van der Waals surface area contributed by atoms with E-state index in [0.29, 0.717) is 5.41 Å². The second-order valence-corrected chi connectivity index (χ2v) is 10.3. The summed E-state index contributed by atoms with van der Waals surface area (Å²) in [6, 6.07) is 7.84. The molecule has 1 aromatic carbocycles. The van der Waals surface area contributed by atoms with Gasteiger partial charge in [0.25, 0.3) is 0 Å². The van der Waals surface area contributed by atoms with Gasteiger partial charge in [0.1, 0.15) is 6.33 Å². The molecule has 0 spiro atoms. The molecule has 1 aromatic heterocycles. The first-order chi connectivity index (χ1) is 13.6. The van der Waals surface area contributed by atoms with Crippen molar-refractivity contribution in [1.29, 1.82) is 0 Å². The van der Waals surface area contributed by atoms with Crippen LogP contribution in [0.2, 0.25) is 0 Å². The van der Waals surface area contributed by atoms with E-state index in [0.717, 1.165) is 40.0 Å². The van der Waals surface area contributed by atoms with Crippen LogP contribution in [-0.2, 0) is 4.79 Å². The number of hydrogen-bond acceptors (Lipinski definition) is 4. The topological polar surface area (TPSA) is 59.8 Å². The van der Waals surface area contributed by atoms with Crippen LogP contribution in [0.4, 0.5) is 5.69 Å². The summed E-state index contributed by atoms with van der Waals surface area (Å²) >= 11 is 1.82. The quantitative estimate of drug-likeness (QED) is 0.704. The number of carbonyl (C=O) groups is 1. The Morgan fingerprint density at radius 1 is 1.21 bits per heavy atom. The number of nitrogens with zero attached hydrogens (tertiary/aromatic N) is 3. The second-order valence-electron chi connectivity index (χ2n) is 9.23. The molecule has 0 radical (unpaired) electrons. The van der Waals surface area contributed by atoms with Gasteiger partial charge < -0.3 is 5.32 Å². The molecule has 6 rings (SSSR count). The molecular weight excluding hydrogens is 368 g/mol. The number of aromatic nitrogens is 3. The van der Waals surface area contributed by atoms with Gasteiger partial charge in [0.15, 0.2) is 5.16 Å². The molecule has 4 bridgehead atoms. The zero-order valence-electron chi connectivity index (χ0n) is 16.4. The summed E-state index contributed by atoms with van der Waals surface area (Å²) in [5.74, 6) is 4.08. The average Bonchev–Trinajstić information content (AvgIpc) is 3.08. The number of hydrogen-bond donors (Lipinski definition) is 1. The third-order valence-corrected chi connectivity index (χ3v) is 7.93. The Balaban J connectivity index is 1.26. The lowest BCUT2D eigenvalue weighted by atomic mass is 9.49. The van der Waals surface area contributed by atoms with Crippen LogP contribution in [0.5, 0.6) is 0 Å². The average molecular weight is 397 g/mol. The van der Waals surface area contributed by atoms with Crippen molar-refractivity contribution in [3.05, 3.63) is 30.6 Å². The first kappa shape index (κ1) is 18.2. The van der Waals surface area contributed by atoms with Crippen molar-refractivity contribution >= 4 is 23.4 Å². The van der Waals surface area contributed by atoms with E-state index in [1.54, 1.807) is 6.33 Å². The van der Waals surface area contributed by atoms with Crippen molar-refractivity contribution in [2.24, 2.45) is 23.2 Å². The van der Waals surface area contributed by atoms with Crippen LogP contribution in [0.1, 0.15) is 51.9 Å². The highest BCUT2D eigenvalue weighted by molar-refractivity contribution is 7.99. The number of rotatable bonds is 6. The molecule has 0 atom stereocenters. The van der Waals surface area contributed by atoms with E-state index in [1.165, 1.54) is 51.9 Å². The third-order valence-electron chi connectivity index (χ3n) is 6.99. The Bertz CT molecular complexity index is 842. The largest absolute Gasteiger partial charge is 0.326 e. The van der Waals surface area contributed by atoms with Crippen molar-refractivity contribution in [1.82, 2.24) is 14.8 Å². The van der Waals surface area contributed by atoms with E-state index in [4.69, 9.17) is 0 Å². The summed E-state index contributed by atoms with van der Waals surface area (Å²) in [4.78, 5) is 11.3. The first-order valence-corrected chi connectivity index (χ1v) is 11.5. The van der Waals surface area contributed by atoms with Gasteiger partial charge in [-0.15, -0.1) is 10.2 Å². The maximum absolute atomic E-state index is 11.3. The minimum absolute atomic E-state index is 0.0638. The molecule has 0 unspecified atom stereocenters. The normalized spacial score (nSPS) is 30.5. The maximum Gasteiger partial charge on any atom is 0.221 e. The van der Waals surface area contributed by atoms with Crippen LogP contribution in [0, 0.1) is 23.2 Å².